The molecule has 0 aromatic carbocycles. The van der Waals surface area contributed by atoms with Gasteiger partial charge in [-0.2, -0.15) is 5.10 Å². The van der Waals surface area contributed by atoms with Crippen molar-refractivity contribution in [2.24, 2.45) is 7.05 Å². The first kappa shape index (κ1) is 13.9. The summed E-state index contributed by atoms with van der Waals surface area (Å²) in [5, 5.41) is 9.83. The van der Waals surface area contributed by atoms with E-state index in [0.717, 1.165) is 30.4 Å². The van der Waals surface area contributed by atoms with E-state index in [0.29, 0.717) is 12.2 Å². The Kier molecular flexibility index (Phi) is 4.42. The molecule has 1 saturated heterocycles. The van der Waals surface area contributed by atoms with Crippen LogP contribution in [0.4, 0.5) is 5.69 Å². The number of nitrogens with zero attached hydrogens (tertiary/aromatic N) is 2. The van der Waals surface area contributed by atoms with Crippen molar-refractivity contribution < 1.29 is 4.79 Å². The zero-order chi connectivity index (χ0) is 13.8. The van der Waals surface area contributed by atoms with Crippen LogP contribution in [0.2, 0.25) is 5.02 Å². The third kappa shape index (κ3) is 3.26. The Hall–Kier alpha value is -1.56. The second-order valence-corrected chi connectivity index (χ2v) is 5.02. The van der Waals surface area contributed by atoms with Crippen LogP contribution in [0.5, 0.6) is 0 Å². The predicted molar refractivity (Wildman–Crippen MR) is 73.4 cm³/mol. The summed E-state index contributed by atoms with van der Waals surface area (Å²) >= 11 is 5.97. The number of anilines is 1. The molecule has 7 heteroatoms. The summed E-state index contributed by atoms with van der Waals surface area (Å²) in [5.74, 6) is -0.0588. The molecule has 1 atom stereocenters. The fourth-order valence-electron chi connectivity index (χ4n) is 2.05. The molecule has 0 aliphatic carbocycles. The third-order valence-corrected chi connectivity index (χ3v) is 3.56. The Morgan fingerprint density at radius 2 is 2.21 bits per heavy atom. The van der Waals surface area contributed by atoms with E-state index >= 15 is 0 Å². The number of rotatable bonds is 2. The van der Waals surface area contributed by atoms with Crippen molar-refractivity contribution in [2.75, 3.05) is 11.9 Å². The van der Waals surface area contributed by atoms with E-state index in [2.05, 4.69) is 15.7 Å². The molecule has 2 N–H and O–H groups in total. The molecule has 1 aromatic heterocycles. The van der Waals surface area contributed by atoms with Crippen LogP contribution >= 0.6 is 11.6 Å². The molecule has 1 aromatic rings. The molecule has 0 radical (unpaired) electrons. The molecule has 1 unspecified atom stereocenters. The minimum Gasteiger partial charge on any atom is -0.371 e. The number of amides is 1. The molecule has 1 aliphatic heterocycles. The fourth-order valence-corrected chi connectivity index (χ4v) is 2.28. The van der Waals surface area contributed by atoms with Crippen molar-refractivity contribution in [1.29, 1.82) is 0 Å². The first-order valence-corrected chi connectivity index (χ1v) is 6.73. The van der Waals surface area contributed by atoms with Crippen LogP contribution in [0, 0.1) is 0 Å². The number of hydrogen-bond donors (Lipinski definition) is 2. The number of aryl methyl sites for hydroxylation is 1. The minimum absolute atomic E-state index is 0.0588. The van der Waals surface area contributed by atoms with Crippen LogP contribution in [0.15, 0.2) is 11.0 Å². The predicted octanol–water partition coefficient (Wildman–Crippen LogP) is 0.904. The summed E-state index contributed by atoms with van der Waals surface area (Å²) in [6.45, 7) is 0.694. The normalized spacial score (nSPS) is 20.3. The zero-order valence-electron chi connectivity index (χ0n) is 10.8. The van der Waals surface area contributed by atoms with Gasteiger partial charge in [0.1, 0.15) is 11.1 Å². The molecule has 19 heavy (non-hydrogen) atoms. The maximum absolute atomic E-state index is 11.9. The van der Waals surface area contributed by atoms with Gasteiger partial charge in [-0.25, -0.2) is 4.68 Å². The van der Waals surface area contributed by atoms with Crippen LogP contribution < -0.4 is 16.2 Å². The monoisotopic (exact) mass is 284 g/mol. The zero-order valence-corrected chi connectivity index (χ0v) is 11.5. The van der Waals surface area contributed by atoms with E-state index in [-0.39, 0.29) is 22.5 Å². The van der Waals surface area contributed by atoms with Gasteiger partial charge < -0.3 is 10.6 Å². The van der Waals surface area contributed by atoms with Gasteiger partial charge in [0.25, 0.3) is 5.56 Å². The Bertz CT molecular complexity index is 529. The Morgan fingerprint density at radius 3 is 3.00 bits per heavy atom. The van der Waals surface area contributed by atoms with Gasteiger partial charge in [-0.05, 0) is 12.8 Å². The quantitative estimate of drug-likeness (QED) is 0.846. The number of carbonyl (C=O) groups excluding carboxylic acids is 1. The van der Waals surface area contributed by atoms with Gasteiger partial charge in [-0.1, -0.05) is 24.4 Å². The van der Waals surface area contributed by atoms with Crippen molar-refractivity contribution in [3.63, 3.8) is 0 Å². The molecule has 104 valence electrons. The Labute approximate surface area is 116 Å². The van der Waals surface area contributed by atoms with Crippen LogP contribution in [0.1, 0.15) is 25.7 Å². The SMILES string of the molecule is Cn1ncc(NC2CCCCCNC2=O)c(Cl)c1=O. The lowest BCUT2D eigenvalue weighted by molar-refractivity contribution is -0.122. The van der Waals surface area contributed by atoms with E-state index in [1.54, 1.807) is 0 Å². The maximum atomic E-state index is 11.9. The average molecular weight is 285 g/mol. The van der Waals surface area contributed by atoms with E-state index in [4.69, 9.17) is 11.6 Å². The highest BCUT2D eigenvalue weighted by molar-refractivity contribution is 6.33. The van der Waals surface area contributed by atoms with Gasteiger partial charge in [0.2, 0.25) is 5.91 Å². The van der Waals surface area contributed by atoms with Crippen LogP contribution in [-0.2, 0) is 11.8 Å². The Morgan fingerprint density at radius 1 is 1.42 bits per heavy atom. The summed E-state index contributed by atoms with van der Waals surface area (Å²) in [4.78, 5) is 23.6. The number of aromatic nitrogens is 2. The first-order valence-electron chi connectivity index (χ1n) is 6.35. The van der Waals surface area contributed by atoms with E-state index < -0.39 is 0 Å². The maximum Gasteiger partial charge on any atom is 0.287 e. The molecule has 6 nitrogen and oxygen atoms in total. The number of hydrogen-bond acceptors (Lipinski definition) is 4. The molecule has 0 spiro atoms. The second kappa shape index (κ2) is 6.06. The molecular weight excluding hydrogens is 268 g/mol. The second-order valence-electron chi connectivity index (χ2n) is 4.64. The third-order valence-electron chi connectivity index (χ3n) is 3.19. The van der Waals surface area contributed by atoms with Gasteiger partial charge in [0.05, 0.1) is 11.9 Å². The van der Waals surface area contributed by atoms with Crippen molar-refractivity contribution in [3.8, 4) is 0 Å². The van der Waals surface area contributed by atoms with E-state index in [1.807, 2.05) is 0 Å². The smallest absolute Gasteiger partial charge is 0.287 e. The summed E-state index contributed by atoms with van der Waals surface area (Å²) < 4.78 is 1.16. The highest BCUT2D eigenvalue weighted by Crippen LogP contribution is 2.18. The molecule has 1 amide bonds. The van der Waals surface area contributed by atoms with Crippen LogP contribution in [-0.4, -0.2) is 28.3 Å². The number of halogens is 1. The van der Waals surface area contributed by atoms with Gasteiger partial charge in [-0.3, -0.25) is 9.59 Å². The van der Waals surface area contributed by atoms with Gasteiger partial charge in [0, 0.05) is 13.6 Å². The molecule has 1 fully saturated rings. The summed E-state index contributed by atoms with van der Waals surface area (Å²) in [7, 11) is 1.53. The van der Waals surface area contributed by atoms with Gasteiger partial charge >= 0.3 is 0 Å². The fraction of sp³-hybridized carbons (Fsp3) is 0.583. The average Bonchev–Trinajstić information content (AvgIpc) is 2.38. The van der Waals surface area contributed by atoms with Gasteiger partial charge in [-0.15, -0.1) is 0 Å². The summed E-state index contributed by atoms with van der Waals surface area (Å²) in [6.07, 6.45) is 5.25. The molecule has 0 saturated carbocycles. The van der Waals surface area contributed by atoms with Crippen LogP contribution in [0.25, 0.3) is 0 Å². The number of carbonyl (C=O) groups is 1. The first-order chi connectivity index (χ1) is 9.09. The van der Waals surface area contributed by atoms with Gasteiger partial charge in [0.15, 0.2) is 0 Å². The summed E-state index contributed by atoms with van der Waals surface area (Å²) in [5.41, 5.74) is 0.0309. The molecule has 1 aliphatic rings. The van der Waals surface area contributed by atoms with Crippen LogP contribution in [0.3, 0.4) is 0 Å². The molecule has 2 rings (SSSR count). The molecule has 2 heterocycles. The highest BCUT2D eigenvalue weighted by atomic mass is 35.5. The van der Waals surface area contributed by atoms with Crippen molar-refractivity contribution >= 4 is 23.2 Å². The van der Waals surface area contributed by atoms with E-state index in [9.17, 15) is 9.59 Å². The van der Waals surface area contributed by atoms with Crippen molar-refractivity contribution in [3.05, 3.63) is 21.6 Å². The lowest BCUT2D eigenvalue weighted by Crippen LogP contribution is -2.41. The minimum atomic E-state index is -0.377. The lowest BCUT2D eigenvalue weighted by Gasteiger charge is -2.22. The lowest BCUT2D eigenvalue weighted by atomic mass is 10.0. The highest BCUT2D eigenvalue weighted by Gasteiger charge is 2.21. The van der Waals surface area contributed by atoms with Crippen molar-refractivity contribution in [1.82, 2.24) is 15.1 Å². The molecule has 0 bridgehead atoms. The Balaban J connectivity index is 2.17. The number of nitrogens with one attached hydrogen (secondary N) is 2. The topological polar surface area (TPSA) is 76.0 Å². The standard InChI is InChI=1S/C12H17ClN4O2/c1-17-12(19)10(13)9(7-15-17)16-8-5-3-2-4-6-14-11(8)18/h7-8,16H,2-6H2,1H3,(H,14,18). The summed E-state index contributed by atoms with van der Waals surface area (Å²) in [6, 6.07) is -0.369. The van der Waals surface area contributed by atoms with E-state index in [1.165, 1.54) is 13.2 Å². The van der Waals surface area contributed by atoms with Crippen molar-refractivity contribution in [2.45, 2.75) is 31.7 Å². The molecular formula is C12H17ClN4O2. The largest absolute Gasteiger partial charge is 0.371 e.